The summed E-state index contributed by atoms with van der Waals surface area (Å²) in [5, 5.41) is 16.2. The minimum Gasteiger partial charge on any atom is -0.489 e. The highest BCUT2D eigenvalue weighted by Crippen LogP contribution is 2.54. The van der Waals surface area contributed by atoms with Crippen molar-refractivity contribution in [1.29, 1.82) is 0 Å². The summed E-state index contributed by atoms with van der Waals surface area (Å²) in [5.74, 6) is -0.485. The standard InChI is InChI=1S/C47H48N8O7S/c1-30-7-2-3-9-38(30)40-10-6-18-54(40)35-26-47(27-35)14-19-53(20-15-47)34-11-12-39(42(23-34)62-36-21-31-13-17-49-45(31)50-28-36)46(56)52-63(59,60)37-24-41(55(57)58)44-43(25-37)61-29-33(51-44)22-32-8-4-5-16-48-32/h2-5,7-9,11-13,16-17,21,23-25,28,33,35,40,51H,6,10,14-15,18-20,22,26-27,29H2,1H3,(H,49,50)(H,52,56)/t33-,40-/m0/s1. The van der Waals surface area contributed by atoms with Crippen molar-refractivity contribution in [3.05, 3.63) is 136 Å². The fourth-order valence-electron chi connectivity index (χ4n) is 10.1. The zero-order chi connectivity index (χ0) is 43.3. The van der Waals surface area contributed by atoms with Crippen molar-refractivity contribution in [3.63, 3.8) is 0 Å². The first-order valence-electron chi connectivity index (χ1n) is 21.5. The van der Waals surface area contributed by atoms with Gasteiger partial charge in [0.1, 0.15) is 23.8 Å². The molecule has 1 saturated carbocycles. The molecule has 16 heteroatoms. The van der Waals surface area contributed by atoms with E-state index >= 15 is 0 Å². The fourth-order valence-corrected chi connectivity index (χ4v) is 11.1. The topological polar surface area (TPSA) is 185 Å². The summed E-state index contributed by atoms with van der Waals surface area (Å²) in [5.41, 5.74) is 4.92. The van der Waals surface area contributed by atoms with E-state index in [-0.39, 0.29) is 35.4 Å². The number of sulfonamides is 1. The Labute approximate surface area is 365 Å². The largest absolute Gasteiger partial charge is 0.489 e. The Morgan fingerprint density at radius 1 is 1.02 bits per heavy atom. The van der Waals surface area contributed by atoms with Crippen molar-refractivity contribution in [2.24, 2.45) is 5.41 Å². The predicted molar refractivity (Wildman–Crippen MR) is 238 cm³/mol. The minimum atomic E-state index is -4.65. The van der Waals surface area contributed by atoms with E-state index in [0.717, 1.165) is 55.3 Å². The van der Waals surface area contributed by atoms with E-state index in [1.165, 1.54) is 49.1 Å². The van der Waals surface area contributed by atoms with Crippen molar-refractivity contribution in [1.82, 2.24) is 24.6 Å². The summed E-state index contributed by atoms with van der Waals surface area (Å²) in [6, 6.07) is 25.9. The third kappa shape index (κ3) is 8.04. The average Bonchev–Trinajstić information content (AvgIpc) is 3.96. The number of amides is 1. The van der Waals surface area contributed by atoms with E-state index in [1.807, 2.05) is 24.3 Å². The first-order valence-corrected chi connectivity index (χ1v) is 23.0. The van der Waals surface area contributed by atoms with Crippen molar-refractivity contribution in [3.8, 4) is 17.2 Å². The molecule has 4 aliphatic rings. The highest BCUT2D eigenvalue weighted by molar-refractivity contribution is 7.90. The number of hydrogen-bond acceptors (Lipinski definition) is 12. The van der Waals surface area contributed by atoms with Gasteiger partial charge in [-0.3, -0.25) is 24.8 Å². The summed E-state index contributed by atoms with van der Waals surface area (Å²) in [6.07, 6.45) is 12.3. The van der Waals surface area contributed by atoms with Crippen LogP contribution in [0, 0.1) is 22.5 Å². The van der Waals surface area contributed by atoms with Gasteiger partial charge in [-0.25, -0.2) is 18.1 Å². The molecule has 3 fully saturated rings. The number of rotatable bonds is 11. The van der Waals surface area contributed by atoms with Gasteiger partial charge in [-0.1, -0.05) is 30.3 Å². The van der Waals surface area contributed by atoms with Crippen molar-refractivity contribution < 1.29 is 27.6 Å². The van der Waals surface area contributed by atoms with Gasteiger partial charge < -0.3 is 24.7 Å². The average molecular weight is 869 g/mol. The SMILES string of the molecule is Cc1ccccc1[C@@H]1CCCN1C1CC2(CCN(c3ccc(C(=O)NS(=O)(=O)c4cc5c(c([N+](=O)[O-])c4)N[C@@H](Cc4ccccn4)CO5)c(Oc4cnc5[nH]ccc5c4)c3)CC2)C1. The predicted octanol–water partition coefficient (Wildman–Crippen LogP) is 8.09. The number of benzene rings is 3. The number of nitrogens with one attached hydrogen (secondary N) is 3. The van der Waals surface area contributed by atoms with Gasteiger partial charge in [-0.15, -0.1) is 0 Å². The smallest absolute Gasteiger partial charge is 0.297 e. The third-order valence-corrected chi connectivity index (χ3v) is 14.7. The van der Waals surface area contributed by atoms with Crippen LogP contribution in [0.3, 0.4) is 0 Å². The molecule has 1 aliphatic carbocycles. The minimum absolute atomic E-state index is 0.0152. The van der Waals surface area contributed by atoms with E-state index < -0.39 is 31.4 Å². The number of ether oxygens (including phenoxy) is 2. The third-order valence-electron chi connectivity index (χ3n) is 13.4. The van der Waals surface area contributed by atoms with E-state index in [9.17, 15) is 23.3 Å². The maximum Gasteiger partial charge on any atom is 0.297 e. The van der Waals surface area contributed by atoms with Crippen molar-refractivity contribution >= 4 is 44.0 Å². The number of carbonyl (C=O) groups excluding carboxylic acids is 1. The molecule has 2 atom stereocenters. The van der Waals surface area contributed by atoms with Gasteiger partial charge in [0.15, 0.2) is 11.4 Å². The van der Waals surface area contributed by atoms with Crippen LogP contribution in [0.2, 0.25) is 0 Å². The summed E-state index contributed by atoms with van der Waals surface area (Å²) < 4.78 is 42.1. The van der Waals surface area contributed by atoms with Crippen LogP contribution in [-0.4, -0.2) is 77.4 Å². The Hall–Kier alpha value is -6.52. The number of H-pyrrole nitrogens is 1. The molecule has 15 nitrogen and oxygen atoms in total. The molecule has 0 radical (unpaired) electrons. The molecule has 3 N–H and O–H groups in total. The van der Waals surface area contributed by atoms with Gasteiger partial charge in [0.2, 0.25) is 0 Å². The quantitative estimate of drug-likeness (QED) is 0.0841. The number of aromatic nitrogens is 3. The van der Waals surface area contributed by atoms with Crippen LogP contribution in [0.15, 0.2) is 108 Å². The molecule has 2 saturated heterocycles. The molecular weight excluding hydrogens is 821 g/mol. The highest BCUT2D eigenvalue weighted by Gasteiger charge is 2.50. The second kappa shape index (κ2) is 16.3. The first-order chi connectivity index (χ1) is 30.5. The maximum absolute atomic E-state index is 14.0. The van der Waals surface area contributed by atoms with Crippen molar-refractivity contribution in [2.45, 2.75) is 74.9 Å². The number of carbonyl (C=O) groups is 1. The van der Waals surface area contributed by atoms with Gasteiger partial charge in [0, 0.05) is 79.0 Å². The maximum atomic E-state index is 14.0. The van der Waals surface area contributed by atoms with Crippen LogP contribution in [0.5, 0.6) is 17.2 Å². The molecule has 324 valence electrons. The Morgan fingerprint density at radius 2 is 1.84 bits per heavy atom. The second-order valence-electron chi connectivity index (χ2n) is 17.4. The van der Waals surface area contributed by atoms with Gasteiger partial charge >= 0.3 is 0 Å². The van der Waals surface area contributed by atoms with Crippen LogP contribution in [-0.2, 0) is 16.4 Å². The lowest BCUT2D eigenvalue weighted by molar-refractivity contribution is -0.384. The summed E-state index contributed by atoms with van der Waals surface area (Å²) >= 11 is 0. The Balaban J connectivity index is 0.864. The lowest BCUT2D eigenvalue weighted by Crippen LogP contribution is -2.54. The zero-order valence-electron chi connectivity index (χ0n) is 34.8. The number of aryl methyl sites for hydroxylation is 1. The van der Waals surface area contributed by atoms with E-state index in [1.54, 1.807) is 36.7 Å². The number of pyridine rings is 2. The number of nitro groups is 1. The van der Waals surface area contributed by atoms with Gasteiger partial charge in [0.25, 0.3) is 21.6 Å². The summed E-state index contributed by atoms with van der Waals surface area (Å²) in [4.78, 5) is 42.0. The number of likely N-dealkylation sites (tertiary alicyclic amines) is 1. The highest BCUT2D eigenvalue weighted by atomic mass is 32.2. The number of piperidine rings is 1. The molecule has 0 bridgehead atoms. The molecule has 6 heterocycles. The van der Waals surface area contributed by atoms with Crippen LogP contribution >= 0.6 is 0 Å². The monoisotopic (exact) mass is 868 g/mol. The molecule has 1 spiro atoms. The van der Waals surface area contributed by atoms with Crippen LogP contribution in [0.25, 0.3) is 11.0 Å². The molecule has 3 aliphatic heterocycles. The lowest BCUT2D eigenvalue weighted by atomic mass is 9.59. The molecule has 10 rings (SSSR count). The molecule has 1 amide bonds. The molecule has 63 heavy (non-hydrogen) atoms. The molecule has 3 aromatic heterocycles. The number of aromatic amines is 1. The summed E-state index contributed by atoms with van der Waals surface area (Å²) in [6.45, 7) is 5.15. The molecular formula is C47H48N8O7S. The first kappa shape index (κ1) is 40.5. The molecule has 3 aromatic carbocycles. The number of fused-ring (bicyclic) bond motifs is 2. The Morgan fingerprint density at radius 3 is 2.63 bits per heavy atom. The fraction of sp³-hybridized carbons (Fsp3) is 0.340. The Bertz CT molecular complexity index is 2820. The van der Waals surface area contributed by atoms with E-state index in [2.05, 4.69) is 66.0 Å². The van der Waals surface area contributed by atoms with Crippen LogP contribution in [0.1, 0.15) is 71.7 Å². The zero-order valence-corrected chi connectivity index (χ0v) is 35.6. The molecule has 0 unspecified atom stereocenters. The van der Waals surface area contributed by atoms with Crippen LogP contribution in [0.4, 0.5) is 17.1 Å². The Kier molecular flexibility index (Phi) is 10.5. The number of nitro benzene ring substituents is 1. The number of anilines is 2. The summed E-state index contributed by atoms with van der Waals surface area (Å²) in [7, 11) is -4.65. The second-order valence-corrected chi connectivity index (χ2v) is 19.0. The van der Waals surface area contributed by atoms with Crippen LogP contribution < -0.4 is 24.4 Å². The number of hydrogen-bond donors (Lipinski definition) is 3. The van der Waals surface area contributed by atoms with Crippen molar-refractivity contribution in [2.75, 3.05) is 36.5 Å². The van der Waals surface area contributed by atoms with Gasteiger partial charge in [-0.2, -0.15) is 0 Å². The van der Waals surface area contributed by atoms with Gasteiger partial charge in [-0.05, 0) is 105 Å². The lowest BCUT2D eigenvalue weighted by Gasteiger charge is -2.56. The van der Waals surface area contributed by atoms with E-state index in [4.69, 9.17) is 9.47 Å². The molecule has 6 aromatic rings. The number of nitrogens with zero attached hydrogens (tertiary/aromatic N) is 5. The van der Waals surface area contributed by atoms with Gasteiger partial charge in [0.05, 0.1) is 27.6 Å². The normalized spacial score (nSPS) is 19.8. The van der Waals surface area contributed by atoms with E-state index in [0.29, 0.717) is 35.3 Å².